The van der Waals surface area contributed by atoms with Gasteiger partial charge in [-0.25, -0.2) is 0 Å². The summed E-state index contributed by atoms with van der Waals surface area (Å²) in [5, 5.41) is 3.62. The number of aromatic nitrogens is 1. The second-order valence-electron chi connectivity index (χ2n) is 4.84. The SMILES string of the molecule is c1c[nH]c(C2Nc3ccccc3-c3ccccc32)c1. The minimum Gasteiger partial charge on any atom is -0.372 e. The van der Waals surface area contributed by atoms with Gasteiger partial charge in [0.1, 0.15) is 0 Å². The third-order valence-corrected chi connectivity index (χ3v) is 3.72. The van der Waals surface area contributed by atoms with E-state index in [1.807, 2.05) is 12.3 Å². The maximum Gasteiger partial charge on any atom is 0.0923 e. The van der Waals surface area contributed by atoms with E-state index in [0.29, 0.717) is 0 Å². The zero-order valence-electron chi connectivity index (χ0n) is 10.4. The molecule has 0 aliphatic carbocycles. The average molecular weight is 246 g/mol. The molecule has 2 N–H and O–H groups in total. The van der Waals surface area contributed by atoms with Gasteiger partial charge >= 0.3 is 0 Å². The van der Waals surface area contributed by atoms with Gasteiger partial charge in [-0.1, -0.05) is 42.5 Å². The van der Waals surface area contributed by atoms with Crippen molar-refractivity contribution in [1.82, 2.24) is 4.98 Å². The van der Waals surface area contributed by atoms with E-state index in [9.17, 15) is 0 Å². The van der Waals surface area contributed by atoms with Gasteiger partial charge in [0.05, 0.1) is 6.04 Å². The molecule has 0 amide bonds. The summed E-state index contributed by atoms with van der Waals surface area (Å²) < 4.78 is 0. The second kappa shape index (κ2) is 4.02. The highest BCUT2D eigenvalue weighted by Gasteiger charge is 2.24. The highest BCUT2D eigenvalue weighted by molar-refractivity contribution is 5.84. The predicted octanol–water partition coefficient (Wildman–Crippen LogP) is 4.20. The van der Waals surface area contributed by atoms with Gasteiger partial charge in [0.2, 0.25) is 0 Å². The molecular weight excluding hydrogens is 232 g/mol. The number of rotatable bonds is 1. The molecule has 0 saturated carbocycles. The molecule has 1 aliphatic rings. The molecule has 1 aromatic heterocycles. The molecule has 1 atom stereocenters. The third kappa shape index (κ3) is 1.57. The first-order valence-electron chi connectivity index (χ1n) is 6.51. The van der Waals surface area contributed by atoms with Crippen LogP contribution in [-0.4, -0.2) is 4.98 Å². The summed E-state index contributed by atoms with van der Waals surface area (Å²) in [6.07, 6.45) is 1.97. The van der Waals surface area contributed by atoms with Crippen LogP contribution in [0.4, 0.5) is 5.69 Å². The highest BCUT2D eigenvalue weighted by atomic mass is 15.0. The van der Waals surface area contributed by atoms with Crippen LogP contribution in [0.15, 0.2) is 66.9 Å². The Bertz CT molecular complexity index is 714. The van der Waals surface area contributed by atoms with Crippen LogP contribution in [0.1, 0.15) is 17.3 Å². The van der Waals surface area contributed by atoms with Gasteiger partial charge in [0, 0.05) is 23.1 Å². The minimum atomic E-state index is 0.195. The number of hydrogen-bond donors (Lipinski definition) is 2. The molecule has 0 radical (unpaired) electrons. The lowest BCUT2D eigenvalue weighted by molar-refractivity contribution is 0.892. The van der Waals surface area contributed by atoms with E-state index in [1.54, 1.807) is 0 Å². The summed E-state index contributed by atoms with van der Waals surface area (Å²) in [5.74, 6) is 0. The number of hydrogen-bond acceptors (Lipinski definition) is 1. The van der Waals surface area contributed by atoms with Gasteiger partial charge in [0.15, 0.2) is 0 Å². The molecule has 19 heavy (non-hydrogen) atoms. The van der Waals surface area contributed by atoms with Gasteiger partial charge in [-0.3, -0.25) is 0 Å². The Morgan fingerprint density at radius 1 is 0.737 bits per heavy atom. The molecule has 1 aliphatic heterocycles. The Morgan fingerprint density at radius 3 is 2.37 bits per heavy atom. The van der Waals surface area contributed by atoms with Crippen LogP contribution in [-0.2, 0) is 0 Å². The number of H-pyrrole nitrogens is 1. The lowest BCUT2D eigenvalue weighted by Crippen LogP contribution is -2.18. The second-order valence-corrected chi connectivity index (χ2v) is 4.84. The summed E-state index contributed by atoms with van der Waals surface area (Å²) in [6.45, 7) is 0. The Labute approximate surface area is 112 Å². The summed E-state index contributed by atoms with van der Waals surface area (Å²) in [6, 6.07) is 21.4. The van der Waals surface area contributed by atoms with Crippen molar-refractivity contribution in [1.29, 1.82) is 0 Å². The van der Waals surface area contributed by atoms with E-state index in [2.05, 4.69) is 64.9 Å². The summed E-state index contributed by atoms with van der Waals surface area (Å²) >= 11 is 0. The topological polar surface area (TPSA) is 27.8 Å². The van der Waals surface area contributed by atoms with Crippen molar-refractivity contribution in [2.75, 3.05) is 5.32 Å². The quantitative estimate of drug-likeness (QED) is 0.661. The fourth-order valence-electron chi connectivity index (χ4n) is 2.84. The molecule has 2 heterocycles. The van der Waals surface area contributed by atoms with Crippen LogP contribution in [0.25, 0.3) is 11.1 Å². The van der Waals surface area contributed by atoms with E-state index < -0.39 is 0 Å². The van der Waals surface area contributed by atoms with E-state index in [4.69, 9.17) is 0 Å². The van der Waals surface area contributed by atoms with Gasteiger partial charge in [0.25, 0.3) is 0 Å². The molecule has 0 fully saturated rings. The van der Waals surface area contributed by atoms with Crippen molar-refractivity contribution >= 4 is 5.69 Å². The highest BCUT2D eigenvalue weighted by Crippen LogP contribution is 2.42. The number of nitrogens with one attached hydrogen (secondary N) is 2. The first kappa shape index (κ1) is 10.4. The molecule has 0 bridgehead atoms. The number of anilines is 1. The summed E-state index contributed by atoms with van der Waals surface area (Å²) in [7, 11) is 0. The normalized spacial score (nSPS) is 16.3. The predicted molar refractivity (Wildman–Crippen MR) is 78.1 cm³/mol. The Morgan fingerprint density at radius 2 is 1.53 bits per heavy atom. The Balaban J connectivity index is 1.95. The maximum atomic E-state index is 3.62. The smallest absolute Gasteiger partial charge is 0.0923 e. The molecule has 2 nitrogen and oxygen atoms in total. The van der Waals surface area contributed by atoms with Crippen LogP contribution >= 0.6 is 0 Å². The number of aromatic amines is 1. The first-order chi connectivity index (χ1) is 9.43. The van der Waals surface area contributed by atoms with Gasteiger partial charge in [-0.05, 0) is 29.3 Å². The van der Waals surface area contributed by atoms with Crippen LogP contribution in [0.2, 0.25) is 0 Å². The molecule has 2 heteroatoms. The molecular formula is C17H14N2. The maximum absolute atomic E-state index is 3.62. The molecule has 92 valence electrons. The Kier molecular flexibility index (Phi) is 2.21. The van der Waals surface area contributed by atoms with Gasteiger partial charge in [-0.15, -0.1) is 0 Å². The fraction of sp³-hybridized carbons (Fsp3) is 0.0588. The first-order valence-corrected chi connectivity index (χ1v) is 6.51. The van der Waals surface area contributed by atoms with Crippen molar-refractivity contribution < 1.29 is 0 Å². The minimum absolute atomic E-state index is 0.195. The summed E-state index contributed by atoms with van der Waals surface area (Å²) in [4.78, 5) is 3.32. The number of benzene rings is 2. The molecule has 1 unspecified atom stereocenters. The zero-order chi connectivity index (χ0) is 12.7. The molecule has 0 spiro atoms. The van der Waals surface area contributed by atoms with Crippen LogP contribution in [0, 0.1) is 0 Å². The van der Waals surface area contributed by atoms with Crippen molar-refractivity contribution in [2.24, 2.45) is 0 Å². The molecule has 4 rings (SSSR count). The van der Waals surface area contributed by atoms with E-state index >= 15 is 0 Å². The Hall–Kier alpha value is -2.48. The largest absolute Gasteiger partial charge is 0.372 e. The number of para-hydroxylation sites is 1. The molecule has 2 aromatic carbocycles. The van der Waals surface area contributed by atoms with Crippen molar-refractivity contribution in [3.05, 3.63) is 78.1 Å². The van der Waals surface area contributed by atoms with Gasteiger partial charge in [-0.2, -0.15) is 0 Å². The fourth-order valence-corrected chi connectivity index (χ4v) is 2.84. The molecule has 3 aromatic rings. The van der Waals surface area contributed by atoms with Crippen molar-refractivity contribution in [3.63, 3.8) is 0 Å². The van der Waals surface area contributed by atoms with E-state index in [0.717, 1.165) is 0 Å². The third-order valence-electron chi connectivity index (χ3n) is 3.72. The number of fused-ring (bicyclic) bond motifs is 3. The van der Waals surface area contributed by atoms with Crippen LogP contribution in [0.5, 0.6) is 0 Å². The molecule has 0 saturated heterocycles. The van der Waals surface area contributed by atoms with E-state index in [1.165, 1.54) is 28.1 Å². The van der Waals surface area contributed by atoms with Crippen molar-refractivity contribution in [2.45, 2.75) is 6.04 Å². The monoisotopic (exact) mass is 246 g/mol. The lowest BCUT2D eigenvalue weighted by atomic mass is 9.88. The van der Waals surface area contributed by atoms with Gasteiger partial charge < -0.3 is 10.3 Å². The average Bonchev–Trinajstić information content (AvgIpc) is 3.00. The standard InChI is InChI=1S/C17H14N2/c1-2-8-14-12(6-1)13-7-3-4-9-15(13)19-17(14)16-10-5-11-18-16/h1-11,17-19H. The van der Waals surface area contributed by atoms with Crippen LogP contribution in [0.3, 0.4) is 0 Å². The van der Waals surface area contributed by atoms with Crippen LogP contribution < -0.4 is 5.32 Å². The lowest BCUT2D eigenvalue weighted by Gasteiger charge is -2.29. The summed E-state index contributed by atoms with van der Waals surface area (Å²) in [5.41, 5.74) is 6.31. The van der Waals surface area contributed by atoms with Crippen molar-refractivity contribution in [3.8, 4) is 11.1 Å². The van der Waals surface area contributed by atoms with E-state index in [-0.39, 0.29) is 6.04 Å². The zero-order valence-corrected chi connectivity index (χ0v) is 10.4.